The van der Waals surface area contributed by atoms with Gasteiger partial charge in [0.1, 0.15) is 0 Å². The summed E-state index contributed by atoms with van der Waals surface area (Å²) in [7, 11) is 0. The molecule has 7 heteroatoms. The van der Waals surface area contributed by atoms with Crippen LogP contribution in [0.4, 0.5) is 11.4 Å². The molecule has 1 aliphatic rings. The van der Waals surface area contributed by atoms with Crippen molar-refractivity contribution < 1.29 is 9.72 Å². The fraction of sp³-hybridized carbons (Fsp3) is 0.462. The number of nitrogens with zero attached hydrogens (tertiary/aromatic N) is 1. The molecule has 1 saturated carbocycles. The Morgan fingerprint density at radius 2 is 2.25 bits per heavy atom. The maximum absolute atomic E-state index is 12.2. The highest BCUT2D eigenvalue weighted by molar-refractivity contribution is 9.10. The molecule has 0 aromatic heterocycles. The Morgan fingerprint density at radius 3 is 2.85 bits per heavy atom. The van der Waals surface area contributed by atoms with Crippen LogP contribution < -0.4 is 11.1 Å². The third kappa shape index (κ3) is 3.16. The molecule has 1 aliphatic carbocycles. The molecule has 1 amide bonds. The zero-order valence-corrected chi connectivity index (χ0v) is 12.4. The number of hydrogen-bond donors (Lipinski definition) is 2. The van der Waals surface area contributed by atoms with Crippen molar-refractivity contribution in [3.8, 4) is 0 Å². The summed E-state index contributed by atoms with van der Waals surface area (Å²) in [6, 6.07) is 4.45. The van der Waals surface area contributed by atoms with Gasteiger partial charge in [0, 0.05) is 17.7 Å². The smallest absolute Gasteiger partial charge is 0.283 e. The molecule has 0 radical (unpaired) electrons. The second-order valence-corrected chi connectivity index (χ2v) is 5.80. The van der Waals surface area contributed by atoms with Crippen molar-refractivity contribution in [3.63, 3.8) is 0 Å². The molecule has 2 atom stereocenters. The summed E-state index contributed by atoms with van der Waals surface area (Å²) < 4.78 is 0.349. The quantitative estimate of drug-likeness (QED) is 0.649. The number of nitro benzene ring substituents is 1. The van der Waals surface area contributed by atoms with E-state index in [0.29, 0.717) is 16.7 Å². The molecule has 3 N–H and O–H groups in total. The first kappa shape index (κ1) is 14.9. The maximum atomic E-state index is 12.2. The molecule has 108 valence electrons. The number of nitro groups is 1. The number of hydrogen-bond acceptors (Lipinski definition) is 4. The van der Waals surface area contributed by atoms with E-state index < -0.39 is 4.92 Å². The number of amides is 1. The third-order valence-electron chi connectivity index (χ3n) is 3.71. The van der Waals surface area contributed by atoms with Crippen molar-refractivity contribution in [2.45, 2.75) is 19.3 Å². The third-order valence-corrected chi connectivity index (χ3v) is 4.35. The number of halogens is 1. The van der Waals surface area contributed by atoms with Gasteiger partial charge in [-0.3, -0.25) is 14.9 Å². The molecule has 6 nitrogen and oxygen atoms in total. The Bertz CT molecular complexity index is 536. The monoisotopic (exact) mass is 341 g/mol. The second-order valence-electron chi connectivity index (χ2n) is 4.95. The van der Waals surface area contributed by atoms with Gasteiger partial charge >= 0.3 is 0 Å². The Balaban J connectivity index is 2.08. The Morgan fingerprint density at radius 1 is 1.50 bits per heavy atom. The molecule has 0 aliphatic heterocycles. The van der Waals surface area contributed by atoms with E-state index in [4.69, 9.17) is 5.73 Å². The highest BCUT2D eigenvalue weighted by Crippen LogP contribution is 2.33. The lowest BCUT2D eigenvalue weighted by molar-refractivity contribution is -0.385. The van der Waals surface area contributed by atoms with E-state index in [1.165, 1.54) is 12.1 Å². The van der Waals surface area contributed by atoms with Crippen LogP contribution in [0.2, 0.25) is 0 Å². The van der Waals surface area contributed by atoms with E-state index in [1.54, 1.807) is 6.07 Å². The maximum Gasteiger partial charge on any atom is 0.283 e. The molecule has 20 heavy (non-hydrogen) atoms. The van der Waals surface area contributed by atoms with E-state index >= 15 is 0 Å². The number of nitrogens with one attached hydrogen (secondary N) is 1. The normalized spacial score (nSPS) is 21.7. The van der Waals surface area contributed by atoms with Crippen LogP contribution in [-0.4, -0.2) is 17.4 Å². The lowest BCUT2D eigenvalue weighted by Gasteiger charge is -2.17. The zero-order valence-electron chi connectivity index (χ0n) is 10.8. The van der Waals surface area contributed by atoms with Gasteiger partial charge in [-0.1, -0.05) is 6.42 Å². The SMILES string of the molecule is NCC1CCCC1C(=O)Nc1ccc([N+](=O)[O-])c(Br)c1. The van der Waals surface area contributed by atoms with Gasteiger partial charge in [-0.25, -0.2) is 0 Å². The van der Waals surface area contributed by atoms with Gasteiger partial charge in [-0.15, -0.1) is 0 Å². The average molecular weight is 342 g/mol. The van der Waals surface area contributed by atoms with Crippen molar-refractivity contribution >= 4 is 33.2 Å². The summed E-state index contributed by atoms with van der Waals surface area (Å²) in [4.78, 5) is 22.4. The summed E-state index contributed by atoms with van der Waals surface area (Å²) in [5.74, 6) is 0.115. The predicted molar refractivity (Wildman–Crippen MR) is 79.3 cm³/mol. The Labute approximate surface area is 125 Å². The minimum absolute atomic E-state index is 0.0244. The number of rotatable bonds is 4. The van der Waals surface area contributed by atoms with E-state index in [9.17, 15) is 14.9 Å². The molecule has 0 spiro atoms. The van der Waals surface area contributed by atoms with Crippen LogP contribution >= 0.6 is 15.9 Å². The molecular weight excluding hydrogens is 326 g/mol. The fourth-order valence-electron chi connectivity index (χ4n) is 2.63. The lowest BCUT2D eigenvalue weighted by Crippen LogP contribution is -2.29. The van der Waals surface area contributed by atoms with E-state index in [0.717, 1.165) is 19.3 Å². The highest BCUT2D eigenvalue weighted by Gasteiger charge is 2.32. The van der Waals surface area contributed by atoms with E-state index in [2.05, 4.69) is 21.2 Å². The number of anilines is 1. The fourth-order valence-corrected chi connectivity index (χ4v) is 3.16. The van der Waals surface area contributed by atoms with Crippen LogP contribution in [0.1, 0.15) is 19.3 Å². The summed E-state index contributed by atoms with van der Waals surface area (Å²) >= 11 is 3.13. The van der Waals surface area contributed by atoms with Crippen LogP contribution in [0.5, 0.6) is 0 Å². The molecule has 1 aromatic rings. The lowest BCUT2D eigenvalue weighted by atomic mass is 9.95. The molecular formula is C13H16BrN3O3. The number of carbonyl (C=O) groups is 1. The summed E-state index contributed by atoms with van der Waals surface area (Å²) in [5.41, 5.74) is 6.20. The van der Waals surface area contributed by atoms with Gasteiger partial charge in [0.2, 0.25) is 5.91 Å². The summed E-state index contributed by atoms with van der Waals surface area (Å²) in [6.45, 7) is 0.516. The van der Waals surface area contributed by atoms with Crippen LogP contribution in [0.15, 0.2) is 22.7 Å². The molecule has 2 unspecified atom stereocenters. The van der Waals surface area contributed by atoms with E-state index in [-0.39, 0.29) is 23.4 Å². The average Bonchev–Trinajstić information content (AvgIpc) is 2.86. The van der Waals surface area contributed by atoms with E-state index in [1.807, 2.05) is 0 Å². The van der Waals surface area contributed by atoms with Crippen LogP contribution in [0.3, 0.4) is 0 Å². The van der Waals surface area contributed by atoms with Crippen molar-refractivity contribution in [2.75, 3.05) is 11.9 Å². The van der Waals surface area contributed by atoms with Gasteiger partial charge in [0.15, 0.2) is 0 Å². The van der Waals surface area contributed by atoms with Gasteiger partial charge in [-0.05, 0) is 53.4 Å². The Hall–Kier alpha value is -1.47. The van der Waals surface area contributed by atoms with Crippen molar-refractivity contribution in [1.29, 1.82) is 0 Å². The first-order valence-electron chi connectivity index (χ1n) is 6.47. The zero-order chi connectivity index (χ0) is 14.7. The molecule has 2 rings (SSSR count). The molecule has 0 bridgehead atoms. The minimum atomic E-state index is -0.475. The molecule has 1 fully saturated rings. The topological polar surface area (TPSA) is 98.3 Å². The predicted octanol–water partition coefficient (Wildman–Crippen LogP) is 2.67. The number of benzene rings is 1. The standard InChI is InChI=1S/C13H16BrN3O3/c14-11-6-9(4-5-12(11)17(19)20)16-13(18)10-3-1-2-8(10)7-15/h4-6,8,10H,1-3,7,15H2,(H,16,18). The first-order valence-corrected chi connectivity index (χ1v) is 7.27. The van der Waals surface area contributed by atoms with Gasteiger partial charge in [0.25, 0.3) is 5.69 Å². The summed E-state index contributed by atoms with van der Waals surface area (Å²) in [6.07, 6.45) is 2.85. The molecule has 0 heterocycles. The largest absolute Gasteiger partial charge is 0.330 e. The van der Waals surface area contributed by atoms with Gasteiger partial charge in [-0.2, -0.15) is 0 Å². The van der Waals surface area contributed by atoms with Crippen molar-refractivity contribution in [1.82, 2.24) is 0 Å². The van der Waals surface area contributed by atoms with Crippen molar-refractivity contribution in [3.05, 3.63) is 32.8 Å². The number of nitrogens with two attached hydrogens (primary N) is 1. The van der Waals surface area contributed by atoms with Crippen molar-refractivity contribution in [2.24, 2.45) is 17.6 Å². The van der Waals surface area contributed by atoms with Crippen LogP contribution in [-0.2, 0) is 4.79 Å². The van der Waals surface area contributed by atoms with Gasteiger partial charge in [0.05, 0.1) is 9.40 Å². The Kier molecular flexibility index (Phi) is 4.72. The van der Waals surface area contributed by atoms with Gasteiger partial charge < -0.3 is 11.1 Å². The van der Waals surface area contributed by atoms with Crippen LogP contribution in [0.25, 0.3) is 0 Å². The van der Waals surface area contributed by atoms with Crippen LogP contribution in [0, 0.1) is 22.0 Å². The molecule has 0 saturated heterocycles. The summed E-state index contributed by atoms with van der Waals surface area (Å²) in [5, 5.41) is 13.5. The highest BCUT2D eigenvalue weighted by atomic mass is 79.9. The second kappa shape index (κ2) is 6.32. The minimum Gasteiger partial charge on any atom is -0.330 e. The number of carbonyl (C=O) groups excluding carboxylic acids is 1. The first-order chi connectivity index (χ1) is 9.52. The molecule has 1 aromatic carbocycles.